The summed E-state index contributed by atoms with van der Waals surface area (Å²) in [5.74, 6) is 0.395. The van der Waals surface area contributed by atoms with Crippen molar-refractivity contribution in [2.75, 3.05) is 13.7 Å². The number of ether oxygens (including phenoxy) is 1. The van der Waals surface area contributed by atoms with Crippen LogP contribution in [0, 0.1) is 10.1 Å². The Morgan fingerprint density at radius 3 is 2.82 bits per heavy atom. The third-order valence-corrected chi connectivity index (χ3v) is 2.16. The van der Waals surface area contributed by atoms with Crippen LogP contribution in [0.5, 0.6) is 5.75 Å². The van der Waals surface area contributed by atoms with Gasteiger partial charge in [-0.3, -0.25) is 10.1 Å². The Kier molecular flexibility index (Phi) is 4.27. The lowest BCUT2D eigenvalue weighted by Gasteiger charge is -2.05. The van der Waals surface area contributed by atoms with Crippen LogP contribution in [0.25, 0.3) is 0 Å². The van der Waals surface area contributed by atoms with Gasteiger partial charge >= 0.3 is 6.09 Å². The minimum Gasteiger partial charge on any atom is -0.497 e. The minimum absolute atomic E-state index is 0.0726. The molecular formula is C10H12N2O5. The largest absolute Gasteiger partial charge is 0.497 e. The van der Waals surface area contributed by atoms with Crippen molar-refractivity contribution in [1.29, 1.82) is 0 Å². The zero-order chi connectivity index (χ0) is 12.8. The van der Waals surface area contributed by atoms with Crippen LogP contribution in [0.4, 0.5) is 10.5 Å². The first-order chi connectivity index (χ1) is 8.04. The first kappa shape index (κ1) is 12.8. The van der Waals surface area contributed by atoms with E-state index in [1.165, 1.54) is 13.2 Å². The second-order valence-corrected chi connectivity index (χ2v) is 3.23. The van der Waals surface area contributed by atoms with Crippen LogP contribution in [0.1, 0.15) is 5.56 Å². The summed E-state index contributed by atoms with van der Waals surface area (Å²) in [7, 11) is 1.42. The number of nitro groups is 1. The molecular weight excluding hydrogens is 228 g/mol. The number of carboxylic acid groups (broad SMARTS) is 1. The molecule has 1 aromatic carbocycles. The molecule has 7 nitrogen and oxygen atoms in total. The SMILES string of the molecule is COc1ccc(CCNC(=O)O)c([N+](=O)[O-])c1. The molecule has 0 radical (unpaired) electrons. The van der Waals surface area contributed by atoms with E-state index in [1.807, 2.05) is 0 Å². The van der Waals surface area contributed by atoms with Crippen LogP contribution in [-0.4, -0.2) is 29.8 Å². The maximum atomic E-state index is 10.8. The molecule has 0 fully saturated rings. The van der Waals surface area contributed by atoms with E-state index >= 15 is 0 Å². The van der Waals surface area contributed by atoms with E-state index < -0.39 is 11.0 Å². The van der Waals surface area contributed by atoms with Crippen molar-refractivity contribution in [2.45, 2.75) is 6.42 Å². The van der Waals surface area contributed by atoms with E-state index in [4.69, 9.17) is 9.84 Å². The molecule has 0 aromatic heterocycles. The Balaban J connectivity index is 2.83. The Morgan fingerprint density at radius 1 is 1.59 bits per heavy atom. The molecule has 0 aliphatic heterocycles. The van der Waals surface area contributed by atoms with Crippen molar-refractivity contribution < 1.29 is 19.6 Å². The summed E-state index contributed by atoms with van der Waals surface area (Å²) in [6, 6.07) is 4.47. The highest BCUT2D eigenvalue weighted by atomic mass is 16.6. The molecule has 0 atom stereocenters. The zero-order valence-corrected chi connectivity index (χ0v) is 9.17. The van der Waals surface area contributed by atoms with E-state index in [1.54, 1.807) is 12.1 Å². The third kappa shape index (κ3) is 3.63. The first-order valence-electron chi connectivity index (χ1n) is 4.82. The third-order valence-electron chi connectivity index (χ3n) is 2.16. The topological polar surface area (TPSA) is 102 Å². The number of amides is 1. The van der Waals surface area contributed by atoms with Crippen molar-refractivity contribution in [2.24, 2.45) is 0 Å². The molecule has 0 saturated heterocycles. The van der Waals surface area contributed by atoms with Gasteiger partial charge in [-0.2, -0.15) is 0 Å². The monoisotopic (exact) mass is 240 g/mol. The maximum absolute atomic E-state index is 10.8. The summed E-state index contributed by atoms with van der Waals surface area (Å²) >= 11 is 0. The van der Waals surface area contributed by atoms with Crippen molar-refractivity contribution in [1.82, 2.24) is 5.32 Å². The molecule has 92 valence electrons. The minimum atomic E-state index is -1.15. The highest BCUT2D eigenvalue weighted by molar-refractivity contribution is 5.64. The van der Waals surface area contributed by atoms with Crippen LogP contribution in [0.15, 0.2) is 18.2 Å². The molecule has 0 unspecified atom stereocenters. The number of nitrogens with zero attached hydrogens (tertiary/aromatic N) is 1. The summed E-state index contributed by atoms with van der Waals surface area (Å²) in [6.45, 7) is 0.127. The number of rotatable bonds is 5. The number of benzene rings is 1. The van der Waals surface area contributed by atoms with E-state index in [9.17, 15) is 14.9 Å². The Labute approximate surface area is 97.2 Å². The van der Waals surface area contributed by atoms with Crippen molar-refractivity contribution in [3.05, 3.63) is 33.9 Å². The Hall–Kier alpha value is -2.31. The molecule has 7 heteroatoms. The standard InChI is InChI=1S/C10H12N2O5/c1-17-8-3-2-7(4-5-11-10(13)14)9(6-8)12(15)16/h2-3,6,11H,4-5H2,1H3,(H,13,14). The number of methoxy groups -OCH3 is 1. The first-order valence-corrected chi connectivity index (χ1v) is 4.82. The normalized spacial score (nSPS) is 9.71. The summed E-state index contributed by atoms with van der Waals surface area (Å²) in [5.41, 5.74) is 0.390. The van der Waals surface area contributed by atoms with Crippen molar-refractivity contribution in [3.63, 3.8) is 0 Å². The van der Waals surface area contributed by atoms with Gasteiger partial charge in [-0.1, -0.05) is 0 Å². The summed E-state index contributed by atoms with van der Waals surface area (Å²) in [4.78, 5) is 20.5. The van der Waals surface area contributed by atoms with Crippen LogP contribution >= 0.6 is 0 Å². The quantitative estimate of drug-likeness (QED) is 0.598. The summed E-state index contributed by atoms with van der Waals surface area (Å²) in [5, 5.41) is 21.3. The van der Waals surface area contributed by atoms with Gasteiger partial charge in [0.1, 0.15) is 5.75 Å². The van der Waals surface area contributed by atoms with E-state index in [2.05, 4.69) is 5.32 Å². The highest BCUT2D eigenvalue weighted by Crippen LogP contribution is 2.24. The molecule has 0 spiro atoms. The second-order valence-electron chi connectivity index (χ2n) is 3.23. The molecule has 0 aliphatic rings. The zero-order valence-electron chi connectivity index (χ0n) is 9.17. The van der Waals surface area contributed by atoms with Gasteiger partial charge in [0.05, 0.1) is 18.1 Å². The maximum Gasteiger partial charge on any atom is 0.404 e. The molecule has 0 saturated carbocycles. The lowest BCUT2D eigenvalue weighted by atomic mass is 10.1. The van der Waals surface area contributed by atoms with Crippen molar-refractivity contribution >= 4 is 11.8 Å². The van der Waals surface area contributed by atoms with Crippen LogP contribution < -0.4 is 10.1 Å². The fraction of sp³-hybridized carbons (Fsp3) is 0.300. The van der Waals surface area contributed by atoms with Gasteiger partial charge in [-0.25, -0.2) is 4.79 Å². The fourth-order valence-corrected chi connectivity index (χ4v) is 1.36. The van der Waals surface area contributed by atoms with E-state index in [0.29, 0.717) is 11.3 Å². The second kappa shape index (κ2) is 5.69. The predicted octanol–water partition coefficient (Wildman–Crippen LogP) is 1.41. The number of hydrogen-bond acceptors (Lipinski definition) is 4. The molecule has 1 aromatic rings. The van der Waals surface area contributed by atoms with Gasteiger partial charge in [-0.05, 0) is 18.6 Å². The molecule has 17 heavy (non-hydrogen) atoms. The molecule has 1 rings (SSSR count). The highest BCUT2D eigenvalue weighted by Gasteiger charge is 2.14. The van der Waals surface area contributed by atoms with E-state index in [0.717, 1.165) is 0 Å². The lowest BCUT2D eigenvalue weighted by molar-refractivity contribution is -0.385. The number of hydrogen-bond donors (Lipinski definition) is 2. The van der Waals surface area contributed by atoms with Gasteiger partial charge in [0.15, 0.2) is 0 Å². The number of nitro benzene ring substituents is 1. The van der Waals surface area contributed by atoms with Crippen LogP contribution in [-0.2, 0) is 6.42 Å². The van der Waals surface area contributed by atoms with Crippen molar-refractivity contribution in [3.8, 4) is 5.75 Å². The fourth-order valence-electron chi connectivity index (χ4n) is 1.36. The number of nitrogens with one attached hydrogen (secondary N) is 1. The average molecular weight is 240 g/mol. The Bertz CT molecular complexity index is 433. The molecule has 0 aliphatic carbocycles. The average Bonchev–Trinajstić information content (AvgIpc) is 2.28. The smallest absolute Gasteiger partial charge is 0.404 e. The van der Waals surface area contributed by atoms with Gasteiger partial charge in [0.2, 0.25) is 0 Å². The number of carbonyl (C=O) groups is 1. The van der Waals surface area contributed by atoms with Gasteiger partial charge in [0, 0.05) is 12.1 Å². The van der Waals surface area contributed by atoms with Gasteiger partial charge < -0.3 is 15.2 Å². The summed E-state index contributed by atoms with van der Waals surface area (Å²) in [6.07, 6.45) is -0.895. The molecule has 2 N–H and O–H groups in total. The molecule has 0 bridgehead atoms. The van der Waals surface area contributed by atoms with Crippen LogP contribution in [0.3, 0.4) is 0 Å². The lowest BCUT2D eigenvalue weighted by Crippen LogP contribution is -2.23. The predicted molar refractivity (Wildman–Crippen MR) is 59.4 cm³/mol. The van der Waals surface area contributed by atoms with E-state index in [-0.39, 0.29) is 18.7 Å². The van der Waals surface area contributed by atoms with Crippen LogP contribution in [0.2, 0.25) is 0 Å². The summed E-state index contributed by atoms with van der Waals surface area (Å²) < 4.78 is 4.89. The Morgan fingerprint density at radius 2 is 2.29 bits per heavy atom. The molecule has 0 heterocycles. The molecule has 1 amide bonds. The van der Waals surface area contributed by atoms with Gasteiger partial charge in [-0.15, -0.1) is 0 Å². The van der Waals surface area contributed by atoms with Gasteiger partial charge in [0.25, 0.3) is 5.69 Å².